The molecule has 6 aromatic carbocycles. The lowest BCUT2D eigenvalue weighted by Gasteiger charge is -2.39. The summed E-state index contributed by atoms with van der Waals surface area (Å²) in [6.45, 7) is 35.6. The average Bonchev–Trinajstić information content (AvgIpc) is 0.772. The lowest BCUT2D eigenvalue weighted by atomic mass is 9.74. The van der Waals surface area contributed by atoms with Crippen molar-refractivity contribution in [3.8, 4) is 34.5 Å². The minimum absolute atomic E-state index is 0. The number of ketones is 6. The maximum atomic E-state index is 13.3. The van der Waals surface area contributed by atoms with Gasteiger partial charge in [0.05, 0.1) is 36.3 Å². The Morgan fingerprint density at radius 1 is 0.407 bits per heavy atom. The number of carbonyl (C=O) groups excluding carboxylic acids is 6. The quantitative estimate of drug-likeness (QED) is 0.0206. The number of ether oxygens (including phenoxy) is 4. The highest BCUT2D eigenvalue weighted by atomic mass is 35.5. The van der Waals surface area contributed by atoms with Gasteiger partial charge in [0.1, 0.15) is 45.8 Å². The zero-order valence-electron chi connectivity index (χ0n) is 71.1. The molecule has 0 saturated carbocycles. The molecule has 0 amide bonds. The third kappa shape index (κ3) is 33.3. The second kappa shape index (κ2) is 50.6. The second-order valence-electron chi connectivity index (χ2n) is 32.1. The van der Waals surface area contributed by atoms with Crippen LogP contribution in [-0.4, -0.2) is 92.4 Å². The lowest BCUT2D eigenvalue weighted by molar-refractivity contribution is -0.124. The van der Waals surface area contributed by atoms with Gasteiger partial charge in [0.25, 0.3) is 0 Å². The number of Topliss-reactive ketones (excluding diaryl/α,β-unsaturated/α-hetero) is 6. The van der Waals surface area contributed by atoms with Gasteiger partial charge in [-0.3, -0.25) is 28.8 Å². The molecule has 118 heavy (non-hydrogen) atoms. The fraction of sp³-hybridized carbons (Fsp3) is 0.417. The van der Waals surface area contributed by atoms with Crippen molar-refractivity contribution in [2.45, 2.75) is 184 Å². The molecule has 8 aromatic rings. The Balaban J connectivity index is 0.000000416. The van der Waals surface area contributed by atoms with E-state index in [1.54, 1.807) is 64.1 Å². The van der Waals surface area contributed by atoms with Crippen LogP contribution in [0.3, 0.4) is 0 Å². The number of rotatable bonds is 40. The number of allylic oxidation sites excluding steroid dienone is 2. The first-order valence-corrected chi connectivity index (χ1v) is 41.1. The molecule has 0 aliphatic heterocycles. The first kappa shape index (κ1) is 104. The lowest BCUT2D eigenvalue weighted by Crippen LogP contribution is -2.43. The predicted octanol–water partition coefficient (Wildman–Crippen LogP) is 22.8. The van der Waals surface area contributed by atoms with E-state index >= 15 is 0 Å². The summed E-state index contributed by atoms with van der Waals surface area (Å²) in [5, 5.41) is 22.4. The summed E-state index contributed by atoms with van der Waals surface area (Å²) in [4.78, 5) is 83.6. The van der Waals surface area contributed by atoms with Crippen LogP contribution in [0, 0.1) is 59.2 Å². The van der Waals surface area contributed by atoms with Crippen molar-refractivity contribution in [1.82, 2.24) is 9.97 Å². The molecular weight excluding hydrogens is 1610 g/mol. The van der Waals surface area contributed by atoms with Crippen LogP contribution in [0.25, 0.3) is 0 Å². The minimum atomic E-state index is -0.692. The van der Waals surface area contributed by atoms with E-state index in [1.165, 1.54) is 55.4 Å². The zero-order valence-corrected chi connectivity index (χ0v) is 75.7. The number of nitrogens with zero attached hydrogens (tertiary/aromatic N) is 2. The summed E-state index contributed by atoms with van der Waals surface area (Å²) < 4.78 is 22.9. The van der Waals surface area contributed by atoms with Gasteiger partial charge in [-0.25, -0.2) is 9.97 Å². The normalized spacial score (nSPS) is 14.2. The van der Waals surface area contributed by atoms with Gasteiger partial charge in [-0.1, -0.05) is 234 Å². The summed E-state index contributed by atoms with van der Waals surface area (Å²) in [6, 6.07) is 53.2. The molecule has 6 N–H and O–H groups in total. The number of hydrogen-bond donors (Lipinski definition) is 4. The highest BCUT2D eigenvalue weighted by molar-refractivity contribution is 6.36. The third-order valence-corrected chi connectivity index (χ3v) is 22.5. The van der Waals surface area contributed by atoms with Crippen LogP contribution < -0.4 is 30.4 Å². The van der Waals surface area contributed by atoms with E-state index < -0.39 is 34.9 Å². The molecule has 2 heterocycles. The van der Waals surface area contributed by atoms with Gasteiger partial charge in [-0.15, -0.1) is 24.8 Å². The van der Waals surface area contributed by atoms with Crippen molar-refractivity contribution < 1.29 is 57.9 Å². The van der Waals surface area contributed by atoms with Gasteiger partial charge < -0.3 is 40.6 Å². The number of methoxy groups -OCH3 is 2. The van der Waals surface area contributed by atoms with Gasteiger partial charge in [0, 0.05) is 96.8 Å². The number of pyridine rings is 2. The van der Waals surface area contributed by atoms with Crippen molar-refractivity contribution in [2.24, 2.45) is 70.6 Å². The predicted molar refractivity (Wildman–Crippen MR) is 485 cm³/mol. The molecule has 22 heteroatoms. The Hall–Kier alpha value is -8.42. The standard InChI is InChI=1S/C31H35Cl2NO5.C25H31NO4.C23H29Cl2NO2.C17H25NO.2ClH/c1-19(15-25(35)20(2)16-26(36)29-30(37)28(38-5)13-14-34-29)23(17-21-9-7-6-8-10-21)31(3,4)39-27-12-11-22(32)18-24(27)33;1-16(2)20(15-19-9-7-6-8-10-19)17(3)13-21(27)18(4)14-22(28)24-25(29)23(30-5)11-12-26-24;1-15(12-21(27)16(2)26)19(13-17-8-6-5-7-9-17)23(3,4)28-22-11-10-18(24)14-20(22)25;1-12(2)16(11-15-8-6-5-7-9-15)13(3)10-17(19)14(4)18;;/h6-14,18-20,23,37H,15-17H2,1-5H3;6-12,17-18,20,29H,1,13-15H2,2-5H3;5-11,14-16,19H,12-13,26H2,1-4H3;5-9,13-14,16H,1,10-11,18H2,2-4H3;2*1H/t19-,20-,23+;17-,18-,20-;15-,16+,19+;13-,14+,16-;;/m1111../s1. The summed E-state index contributed by atoms with van der Waals surface area (Å²) >= 11 is 24.8. The number of nitrogens with two attached hydrogens (primary N) is 2. The fourth-order valence-electron chi connectivity index (χ4n) is 14.5. The van der Waals surface area contributed by atoms with E-state index in [-0.39, 0.29) is 155 Å². The van der Waals surface area contributed by atoms with Crippen molar-refractivity contribution in [1.29, 1.82) is 0 Å². The Kier molecular flexibility index (Phi) is 44.5. The molecule has 12 atom stereocenters. The van der Waals surface area contributed by atoms with Gasteiger partial charge in [-0.2, -0.15) is 0 Å². The average molecular weight is 1740 g/mol. The largest absolute Gasteiger partial charge is 0.503 e. The molecule has 0 aliphatic rings. The topological polar surface area (TPSA) is 258 Å². The van der Waals surface area contributed by atoms with Gasteiger partial charge in [0.2, 0.25) is 0 Å². The Morgan fingerprint density at radius 2 is 0.686 bits per heavy atom. The summed E-state index contributed by atoms with van der Waals surface area (Å²) in [6.07, 6.45) is 7.53. The molecule has 0 spiro atoms. The van der Waals surface area contributed by atoms with E-state index in [0.717, 1.165) is 36.0 Å². The first-order chi connectivity index (χ1) is 54.7. The van der Waals surface area contributed by atoms with Crippen molar-refractivity contribution in [3.63, 3.8) is 0 Å². The molecule has 0 unspecified atom stereocenters. The zero-order chi connectivity index (χ0) is 86.3. The number of benzene rings is 6. The molecular formula is C96H122Cl6N4O12. The highest BCUT2D eigenvalue weighted by Crippen LogP contribution is 2.42. The third-order valence-electron chi connectivity index (χ3n) is 21.5. The number of carbonyl (C=O) groups is 6. The SMILES string of the molecule is C=C(C)[C@@H](Cc1ccccc1)[C@H](C)CC(=O)[C@H](C)CC(=O)c1nccc(OC)c1O.C=C(C)[C@@H](Cc1ccccc1)[C@H](C)CC(=O)[C@H](C)N.COc1ccnc(C(=O)C[C@@H](C)C(=O)C[C@@H](C)[C@H](Cc2ccccc2)C(C)(C)Oc2ccc(Cl)cc2Cl)c1O.C[C@H](N)C(=O)C[C@@H](C)[C@H](Cc1ccccc1)C(C)(C)Oc1ccc(Cl)cc1Cl.Cl.Cl. The van der Waals surface area contributed by atoms with E-state index in [1.807, 2.05) is 121 Å². The van der Waals surface area contributed by atoms with Crippen LogP contribution >= 0.6 is 71.2 Å². The van der Waals surface area contributed by atoms with Crippen LogP contribution in [0.15, 0.2) is 207 Å². The van der Waals surface area contributed by atoms with E-state index in [4.69, 9.17) is 76.8 Å². The molecule has 0 fully saturated rings. The summed E-state index contributed by atoms with van der Waals surface area (Å²) in [5.74, 6) is 0.102. The number of hydrogen-bond acceptors (Lipinski definition) is 16. The van der Waals surface area contributed by atoms with Crippen LogP contribution in [0.1, 0.15) is 179 Å². The smallest absolute Gasteiger partial charge is 0.187 e. The molecule has 16 nitrogen and oxygen atoms in total. The molecule has 0 aliphatic carbocycles. The fourth-order valence-corrected chi connectivity index (χ4v) is 15.4. The van der Waals surface area contributed by atoms with E-state index in [2.05, 4.69) is 92.4 Å². The van der Waals surface area contributed by atoms with Gasteiger partial charge >= 0.3 is 0 Å². The molecule has 0 saturated heterocycles. The van der Waals surface area contributed by atoms with E-state index in [0.29, 0.717) is 63.2 Å². The minimum Gasteiger partial charge on any atom is -0.503 e. The second-order valence-corrected chi connectivity index (χ2v) is 33.8. The van der Waals surface area contributed by atoms with E-state index in [9.17, 15) is 39.0 Å². The highest BCUT2D eigenvalue weighted by Gasteiger charge is 2.40. The maximum absolute atomic E-state index is 13.3. The van der Waals surface area contributed by atoms with Gasteiger partial charge in [-0.05, 0) is 175 Å². The molecule has 2 aromatic heterocycles. The Bertz CT molecular complexity index is 4510. The molecule has 640 valence electrons. The van der Waals surface area contributed by atoms with Crippen LogP contribution in [0.2, 0.25) is 20.1 Å². The number of aromatic nitrogens is 2. The summed E-state index contributed by atoms with van der Waals surface area (Å²) in [5.41, 5.74) is 17.0. The van der Waals surface area contributed by atoms with Gasteiger partial charge in [0.15, 0.2) is 46.0 Å². The molecule has 0 bridgehead atoms. The Labute approximate surface area is 732 Å². The number of aromatic hydroxyl groups is 2. The Morgan fingerprint density at radius 3 is 0.966 bits per heavy atom. The number of halogens is 6. The monoisotopic (exact) mass is 1730 g/mol. The van der Waals surface area contributed by atoms with Crippen LogP contribution in [0.5, 0.6) is 34.5 Å². The van der Waals surface area contributed by atoms with Crippen LogP contribution in [-0.2, 0) is 44.9 Å². The van der Waals surface area contributed by atoms with Crippen molar-refractivity contribution in [3.05, 3.63) is 260 Å². The summed E-state index contributed by atoms with van der Waals surface area (Å²) in [7, 11) is 2.80. The first-order valence-electron chi connectivity index (χ1n) is 39.5. The van der Waals surface area contributed by atoms with Crippen molar-refractivity contribution in [2.75, 3.05) is 14.2 Å². The van der Waals surface area contributed by atoms with Crippen molar-refractivity contribution >= 4 is 106 Å². The molecule has 8 rings (SSSR count). The molecule has 0 radical (unpaired) electrons. The maximum Gasteiger partial charge on any atom is 0.187 e. The van der Waals surface area contributed by atoms with Crippen LogP contribution in [0.4, 0.5) is 0 Å².